The molecule has 0 bridgehead atoms. The lowest BCUT2D eigenvalue weighted by Gasteiger charge is -2.11. The van der Waals surface area contributed by atoms with Gasteiger partial charge in [-0.2, -0.15) is 0 Å². The van der Waals surface area contributed by atoms with Gasteiger partial charge in [0.2, 0.25) is 0 Å². The molecular formula is C23H19N3O3. The second kappa shape index (κ2) is 7.98. The molecule has 0 aliphatic heterocycles. The van der Waals surface area contributed by atoms with E-state index in [1.165, 1.54) is 4.57 Å². The van der Waals surface area contributed by atoms with Gasteiger partial charge in [-0.3, -0.25) is 14.2 Å². The molecule has 0 saturated heterocycles. The predicted octanol–water partition coefficient (Wildman–Crippen LogP) is 4.46. The summed E-state index contributed by atoms with van der Waals surface area (Å²) in [6, 6.07) is 21.6. The third kappa shape index (κ3) is 3.87. The lowest BCUT2D eigenvalue weighted by Crippen LogP contribution is -2.29. The zero-order valence-electron chi connectivity index (χ0n) is 15.8. The van der Waals surface area contributed by atoms with Gasteiger partial charge in [0.15, 0.2) is 0 Å². The number of hydrogen-bond donors (Lipinski definition) is 1. The molecule has 0 fully saturated rings. The van der Waals surface area contributed by atoms with Crippen LogP contribution < -0.4 is 15.6 Å². The smallest absolute Gasteiger partial charge is 0.265 e. The van der Waals surface area contributed by atoms with E-state index in [4.69, 9.17) is 4.74 Å². The Kier molecular flexibility index (Phi) is 5.07. The summed E-state index contributed by atoms with van der Waals surface area (Å²) >= 11 is 0. The van der Waals surface area contributed by atoms with Crippen molar-refractivity contribution in [1.82, 2.24) is 9.55 Å². The fourth-order valence-corrected chi connectivity index (χ4v) is 3.09. The standard InChI is InChI=1S/C23H19N3O3/c1-2-26-21-16(7-6-14-24-21)15-20(23(26)28)22(27)25-17-10-12-19(13-11-17)29-18-8-4-3-5-9-18/h3-15H,2H2,1H3,(H,25,27). The van der Waals surface area contributed by atoms with Gasteiger partial charge < -0.3 is 10.1 Å². The number of ether oxygens (including phenoxy) is 1. The van der Waals surface area contributed by atoms with E-state index < -0.39 is 5.91 Å². The Labute approximate surface area is 167 Å². The first-order valence-electron chi connectivity index (χ1n) is 9.28. The van der Waals surface area contributed by atoms with Crippen LogP contribution in [0.15, 0.2) is 83.8 Å². The van der Waals surface area contributed by atoms with Crippen LogP contribution in [0.4, 0.5) is 5.69 Å². The Morgan fingerprint density at radius 2 is 1.72 bits per heavy atom. The van der Waals surface area contributed by atoms with Crippen LogP contribution in [0.1, 0.15) is 17.3 Å². The highest BCUT2D eigenvalue weighted by molar-refractivity contribution is 6.05. The van der Waals surface area contributed by atoms with Gasteiger partial charge in [0, 0.05) is 23.8 Å². The average molecular weight is 385 g/mol. The molecule has 2 aromatic heterocycles. The molecule has 4 rings (SSSR count). The number of pyridine rings is 2. The highest BCUT2D eigenvalue weighted by Gasteiger charge is 2.16. The van der Waals surface area contributed by atoms with Gasteiger partial charge in [0.25, 0.3) is 11.5 Å². The van der Waals surface area contributed by atoms with Crippen LogP contribution in [0.3, 0.4) is 0 Å². The van der Waals surface area contributed by atoms with Crippen molar-refractivity contribution in [2.24, 2.45) is 0 Å². The highest BCUT2D eigenvalue weighted by Crippen LogP contribution is 2.23. The maximum atomic E-state index is 12.7. The molecule has 0 radical (unpaired) electrons. The molecule has 0 atom stereocenters. The molecule has 6 nitrogen and oxygen atoms in total. The van der Waals surface area contributed by atoms with Gasteiger partial charge in [-0.05, 0) is 61.5 Å². The number of nitrogens with zero attached hydrogens (tertiary/aromatic N) is 2. The van der Waals surface area contributed by atoms with Gasteiger partial charge in [0.1, 0.15) is 22.7 Å². The number of aromatic nitrogens is 2. The Balaban J connectivity index is 1.57. The van der Waals surface area contributed by atoms with E-state index in [-0.39, 0.29) is 11.1 Å². The number of benzene rings is 2. The SMILES string of the molecule is CCn1c(=O)c(C(=O)Nc2ccc(Oc3ccccc3)cc2)cc2cccnc21. The largest absolute Gasteiger partial charge is 0.457 e. The summed E-state index contributed by atoms with van der Waals surface area (Å²) in [4.78, 5) is 29.8. The van der Waals surface area contributed by atoms with Crippen molar-refractivity contribution >= 4 is 22.6 Å². The molecule has 144 valence electrons. The van der Waals surface area contributed by atoms with Crippen LogP contribution in [-0.2, 0) is 6.54 Å². The molecule has 1 amide bonds. The van der Waals surface area contributed by atoms with Crippen LogP contribution in [0.25, 0.3) is 11.0 Å². The number of amides is 1. The Hall–Kier alpha value is -3.93. The molecule has 2 aromatic carbocycles. The number of nitrogens with one attached hydrogen (secondary N) is 1. The van der Waals surface area contributed by atoms with E-state index in [1.807, 2.05) is 43.3 Å². The van der Waals surface area contributed by atoms with Gasteiger partial charge in [-0.15, -0.1) is 0 Å². The van der Waals surface area contributed by atoms with E-state index in [9.17, 15) is 9.59 Å². The topological polar surface area (TPSA) is 73.2 Å². The average Bonchev–Trinajstić information content (AvgIpc) is 2.75. The number of rotatable bonds is 5. The van der Waals surface area contributed by atoms with E-state index in [1.54, 1.807) is 42.6 Å². The first-order chi connectivity index (χ1) is 14.2. The molecule has 6 heteroatoms. The summed E-state index contributed by atoms with van der Waals surface area (Å²) in [5.41, 5.74) is 0.861. The monoisotopic (exact) mass is 385 g/mol. The summed E-state index contributed by atoms with van der Waals surface area (Å²) < 4.78 is 7.25. The normalized spacial score (nSPS) is 10.7. The Morgan fingerprint density at radius 1 is 1.00 bits per heavy atom. The third-order valence-electron chi connectivity index (χ3n) is 4.50. The van der Waals surface area contributed by atoms with Crippen molar-refractivity contribution in [3.05, 3.63) is 94.9 Å². The lowest BCUT2D eigenvalue weighted by atomic mass is 10.2. The maximum absolute atomic E-state index is 12.7. The molecule has 1 N–H and O–H groups in total. The van der Waals surface area contributed by atoms with E-state index in [2.05, 4.69) is 10.3 Å². The van der Waals surface area contributed by atoms with Crippen molar-refractivity contribution in [3.63, 3.8) is 0 Å². The number of hydrogen-bond acceptors (Lipinski definition) is 4. The van der Waals surface area contributed by atoms with Crippen molar-refractivity contribution in [2.45, 2.75) is 13.5 Å². The maximum Gasteiger partial charge on any atom is 0.265 e. The number of para-hydroxylation sites is 1. The number of carbonyl (C=O) groups is 1. The van der Waals surface area contributed by atoms with E-state index in [0.29, 0.717) is 23.6 Å². The van der Waals surface area contributed by atoms with Gasteiger partial charge in [0.05, 0.1) is 0 Å². The lowest BCUT2D eigenvalue weighted by molar-refractivity contribution is 0.102. The van der Waals surface area contributed by atoms with Gasteiger partial charge >= 0.3 is 0 Å². The summed E-state index contributed by atoms with van der Waals surface area (Å²) in [5, 5.41) is 3.52. The van der Waals surface area contributed by atoms with Crippen molar-refractivity contribution in [3.8, 4) is 11.5 Å². The Morgan fingerprint density at radius 3 is 2.45 bits per heavy atom. The minimum atomic E-state index is -0.459. The first kappa shape index (κ1) is 18.4. The zero-order valence-corrected chi connectivity index (χ0v) is 15.8. The molecular weight excluding hydrogens is 366 g/mol. The summed E-state index contributed by atoms with van der Waals surface area (Å²) in [6.07, 6.45) is 1.63. The fourth-order valence-electron chi connectivity index (χ4n) is 3.09. The fraction of sp³-hybridized carbons (Fsp3) is 0.0870. The van der Waals surface area contributed by atoms with Crippen LogP contribution in [0.2, 0.25) is 0 Å². The molecule has 2 heterocycles. The van der Waals surface area contributed by atoms with Gasteiger partial charge in [-0.1, -0.05) is 18.2 Å². The predicted molar refractivity (Wildman–Crippen MR) is 113 cm³/mol. The summed E-state index contributed by atoms with van der Waals surface area (Å²) in [5.74, 6) is 0.924. The van der Waals surface area contributed by atoms with Crippen LogP contribution in [0.5, 0.6) is 11.5 Å². The van der Waals surface area contributed by atoms with Crippen LogP contribution >= 0.6 is 0 Å². The minimum absolute atomic E-state index is 0.0805. The number of carbonyl (C=O) groups excluding carboxylic acids is 1. The first-order valence-corrected chi connectivity index (χ1v) is 9.28. The molecule has 0 aliphatic rings. The second-order valence-corrected chi connectivity index (χ2v) is 6.42. The molecule has 4 aromatic rings. The quantitative estimate of drug-likeness (QED) is 0.550. The number of anilines is 1. The highest BCUT2D eigenvalue weighted by atomic mass is 16.5. The van der Waals surface area contributed by atoms with Crippen LogP contribution in [0, 0.1) is 0 Å². The number of fused-ring (bicyclic) bond motifs is 1. The van der Waals surface area contributed by atoms with Crippen LogP contribution in [-0.4, -0.2) is 15.5 Å². The third-order valence-corrected chi connectivity index (χ3v) is 4.50. The van der Waals surface area contributed by atoms with Crippen molar-refractivity contribution in [2.75, 3.05) is 5.32 Å². The second-order valence-electron chi connectivity index (χ2n) is 6.42. The van der Waals surface area contributed by atoms with Crippen molar-refractivity contribution in [1.29, 1.82) is 0 Å². The van der Waals surface area contributed by atoms with Crippen molar-refractivity contribution < 1.29 is 9.53 Å². The molecule has 0 aliphatic carbocycles. The van der Waals surface area contributed by atoms with E-state index in [0.717, 1.165) is 11.1 Å². The van der Waals surface area contributed by atoms with E-state index >= 15 is 0 Å². The molecule has 0 unspecified atom stereocenters. The molecule has 0 saturated carbocycles. The Bertz CT molecular complexity index is 1220. The molecule has 29 heavy (non-hydrogen) atoms. The summed E-state index contributed by atoms with van der Waals surface area (Å²) in [7, 11) is 0. The van der Waals surface area contributed by atoms with Gasteiger partial charge in [-0.25, -0.2) is 4.98 Å². The minimum Gasteiger partial charge on any atom is -0.457 e. The molecule has 0 spiro atoms. The number of aryl methyl sites for hydroxylation is 1. The zero-order chi connectivity index (χ0) is 20.2. The summed E-state index contributed by atoms with van der Waals surface area (Å²) in [6.45, 7) is 2.28.